The number of carboxylic acid groups (broad SMARTS) is 1. The molecule has 1 aliphatic rings. The zero-order valence-electron chi connectivity index (χ0n) is 11.9. The number of aryl methyl sites for hydroxylation is 1. The van der Waals surface area contributed by atoms with E-state index in [1.165, 1.54) is 26.2 Å². The number of nitrogens with one attached hydrogen (secondary N) is 1. The Balaban J connectivity index is 2.34. The van der Waals surface area contributed by atoms with Gasteiger partial charge in [0.2, 0.25) is 10.0 Å². The van der Waals surface area contributed by atoms with Crippen LogP contribution in [-0.2, 0) is 28.9 Å². The molecule has 0 amide bonds. The van der Waals surface area contributed by atoms with Crippen molar-refractivity contribution in [3.63, 3.8) is 0 Å². The third kappa shape index (κ3) is 2.88. The highest BCUT2D eigenvalue weighted by Crippen LogP contribution is 2.19. The summed E-state index contributed by atoms with van der Waals surface area (Å²) in [7, 11) is -1.66. The Morgan fingerprint density at radius 1 is 1.32 bits per heavy atom. The van der Waals surface area contributed by atoms with E-state index in [-0.39, 0.29) is 6.42 Å². The summed E-state index contributed by atoms with van der Waals surface area (Å²) in [6.07, 6.45) is 3.85. The van der Waals surface area contributed by atoms with Crippen molar-refractivity contribution in [1.29, 1.82) is 0 Å². The van der Waals surface area contributed by atoms with Crippen LogP contribution in [0.25, 0.3) is 0 Å². The highest BCUT2D eigenvalue weighted by molar-refractivity contribution is 7.89. The van der Waals surface area contributed by atoms with Gasteiger partial charge >= 0.3 is 11.7 Å². The average Bonchev–Trinajstić information content (AvgIpc) is 2.88. The molecule has 0 aromatic carbocycles. The number of hydrogen-bond donors (Lipinski definition) is 2. The van der Waals surface area contributed by atoms with Crippen LogP contribution in [-0.4, -0.2) is 34.7 Å². The average molecular weight is 329 g/mol. The smallest absolute Gasteiger partial charge is 0.330 e. The fourth-order valence-electron chi connectivity index (χ4n) is 2.19. The Bertz CT molecular complexity index is 864. The summed E-state index contributed by atoms with van der Waals surface area (Å²) in [4.78, 5) is 33.8. The number of carboxylic acids is 1. The van der Waals surface area contributed by atoms with Gasteiger partial charge in [0.05, 0.1) is 5.92 Å². The lowest BCUT2D eigenvalue weighted by Gasteiger charge is -2.13. The van der Waals surface area contributed by atoms with Gasteiger partial charge in [-0.05, 0) is 6.42 Å². The van der Waals surface area contributed by atoms with Crippen molar-refractivity contribution in [2.45, 2.75) is 17.4 Å². The fraction of sp³-hybridized carbons (Fsp3) is 0.417. The van der Waals surface area contributed by atoms with Gasteiger partial charge < -0.3 is 9.67 Å². The van der Waals surface area contributed by atoms with Crippen molar-refractivity contribution in [3.8, 4) is 0 Å². The Kier molecular flexibility index (Phi) is 4.07. The summed E-state index contributed by atoms with van der Waals surface area (Å²) in [5.41, 5.74) is -1.58. The van der Waals surface area contributed by atoms with Crippen molar-refractivity contribution < 1.29 is 18.3 Å². The Morgan fingerprint density at radius 2 is 1.95 bits per heavy atom. The predicted octanol–water partition coefficient (Wildman–Crippen LogP) is -1.61. The van der Waals surface area contributed by atoms with Crippen LogP contribution in [0, 0.1) is 5.92 Å². The summed E-state index contributed by atoms with van der Waals surface area (Å²) in [6.45, 7) is 0. The Hall–Kier alpha value is -2.20. The first-order chi connectivity index (χ1) is 10.1. The zero-order chi connectivity index (χ0) is 16.7. The summed E-state index contributed by atoms with van der Waals surface area (Å²) < 4.78 is 28.5. The van der Waals surface area contributed by atoms with Crippen LogP contribution >= 0.6 is 0 Å². The van der Waals surface area contributed by atoms with Gasteiger partial charge in [-0.1, -0.05) is 12.2 Å². The molecule has 2 N–H and O–H groups in total. The first-order valence-electron chi connectivity index (χ1n) is 6.33. The number of aromatic nitrogens is 2. The van der Waals surface area contributed by atoms with Crippen molar-refractivity contribution in [2.75, 3.05) is 0 Å². The molecule has 2 unspecified atom stereocenters. The lowest BCUT2D eigenvalue weighted by molar-refractivity contribution is -0.140. The summed E-state index contributed by atoms with van der Waals surface area (Å²) in [5, 5.41) is 8.87. The molecule has 0 radical (unpaired) electrons. The zero-order valence-corrected chi connectivity index (χ0v) is 12.7. The van der Waals surface area contributed by atoms with Crippen molar-refractivity contribution in [2.24, 2.45) is 20.0 Å². The minimum atomic E-state index is -4.17. The van der Waals surface area contributed by atoms with E-state index in [9.17, 15) is 22.8 Å². The second-order valence-corrected chi connectivity index (χ2v) is 6.73. The van der Waals surface area contributed by atoms with Gasteiger partial charge in [0.25, 0.3) is 5.56 Å². The van der Waals surface area contributed by atoms with Gasteiger partial charge in [-0.3, -0.25) is 14.2 Å². The number of hydrogen-bond acceptors (Lipinski definition) is 5. The number of rotatable bonds is 4. The largest absolute Gasteiger partial charge is 0.481 e. The second-order valence-electron chi connectivity index (χ2n) is 5.04. The van der Waals surface area contributed by atoms with Crippen LogP contribution in [0.4, 0.5) is 0 Å². The number of carbonyl (C=O) groups is 1. The molecule has 9 nitrogen and oxygen atoms in total. The molecule has 0 saturated heterocycles. The molecule has 1 aromatic rings. The Morgan fingerprint density at radius 3 is 2.50 bits per heavy atom. The van der Waals surface area contributed by atoms with E-state index in [0.29, 0.717) is 4.57 Å². The van der Waals surface area contributed by atoms with E-state index in [1.54, 1.807) is 0 Å². The van der Waals surface area contributed by atoms with Crippen LogP contribution in [0.2, 0.25) is 0 Å². The maximum Gasteiger partial charge on any atom is 0.330 e. The maximum atomic E-state index is 12.3. The third-order valence-electron chi connectivity index (χ3n) is 3.41. The number of nitrogens with zero attached hydrogens (tertiary/aromatic N) is 2. The molecule has 2 rings (SSSR count). The van der Waals surface area contributed by atoms with Gasteiger partial charge in [-0.2, -0.15) is 0 Å². The highest BCUT2D eigenvalue weighted by Gasteiger charge is 2.29. The molecular formula is C12H15N3O6S. The highest BCUT2D eigenvalue weighted by atomic mass is 32.2. The molecule has 0 aliphatic heterocycles. The van der Waals surface area contributed by atoms with Gasteiger partial charge in [-0.15, -0.1) is 0 Å². The fourth-order valence-corrected chi connectivity index (χ4v) is 3.56. The van der Waals surface area contributed by atoms with Gasteiger partial charge in [0.1, 0.15) is 0 Å². The van der Waals surface area contributed by atoms with Crippen LogP contribution < -0.4 is 16.0 Å². The molecule has 0 bridgehead atoms. The van der Waals surface area contributed by atoms with E-state index >= 15 is 0 Å². The quantitative estimate of drug-likeness (QED) is 0.640. The summed E-state index contributed by atoms with van der Waals surface area (Å²) in [5.74, 6) is -1.81. The Labute approximate surface area is 125 Å². The summed E-state index contributed by atoms with van der Waals surface area (Å²) in [6, 6.07) is -0.715. The van der Waals surface area contributed by atoms with Crippen LogP contribution in [0.15, 0.2) is 32.8 Å². The van der Waals surface area contributed by atoms with Crippen LogP contribution in [0.5, 0.6) is 0 Å². The second kappa shape index (κ2) is 5.54. The monoisotopic (exact) mass is 329 g/mol. The van der Waals surface area contributed by atoms with Gasteiger partial charge in [-0.25, -0.2) is 17.9 Å². The first-order valence-corrected chi connectivity index (χ1v) is 7.82. The number of sulfonamides is 1. The molecule has 22 heavy (non-hydrogen) atoms. The van der Waals surface area contributed by atoms with Gasteiger partial charge in [0.15, 0.2) is 4.90 Å². The van der Waals surface area contributed by atoms with E-state index in [0.717, 1.165) is 10.8 Å². The molecule has 0 spiro atoms. The topological polar surface area (TPSA) is 127 Å². The molecule has 1 aliphatic carbocycles. The lowest BCUT2D eigenvalue weighted by Crippen LogP contribution is -2.43. The minimum Gasteiger partial charge on any atom is -0.481 e. The standard InChI is InChI=1S/C12H15N3O6S/c1-14-6-9(10(16)15(2)12(14)19)22(20,21)13-8-4-3-7(5-8)11(17)18/h3-4,6-8,13H,5H2,1-2H3,(H,17,18). The van der Waals surface area contributed by atoms with Crippen LogP contribution in [0.1, 0.15) is 6.42 Å². The lowest BCUT2D eigenvalue weighted by atomic mass is 10.1. The SMILES string of the molecule is Cn1cc(S(=O)(=O)NC2C=CC(C(=O)O)C2)c(=O)n(C)c1=O. The first kappa shape index (κ1) is 16.2. The molecule has 10 heteroatoms. The van der Waals surface area contributed by atoms with Crippen molar-refractivity contribution in [3.05, 3.63) is 39.2 Å². The molecule has 1 heterocycles. The molecule has 2 atom stereocenters. The van der Waals surface area contributed by atoms with E-state index < -0.39 is 44.1 Å². The third-order valence-corrected chi connectivity index (χ3v) is 4.88. The molecular weight excluding hydrogens is 314 g/mol. The van der Waals surface area contributed by atoms with Crippen molar-refractivity contribution >= 4 is 16.0 Å². The molecule has 1 aromatic heterocycles. The minimum absolute atomic E-state index is 0.0701. The maximum absolute atomic E-state index is 12.3. The van der Waals surface area contributed by atoms with E-state index in [1.807, 2.05) is 0 Å². The van der Waals surface area contributed by atoms with Crippen molar-refractivity contribution in [1.82, 2.24) is 13.9 Å². The van der Waals surface area contributed by atoms with Gasteiger partial charge in [0, 0.05) is 26.3 Å². The van der Waals surface area contributed by atoms with E-state index in [2.05, 4.69) is 4.72 Å². The molecule has 0 saturated carbocycles. The predicted molar refractivity (Wildman–Crippen MR) is 75.9 cm³/mol. The summed E-state index contributed by atoms with van der Waals surface area (Å²) >= 11 is 0. The number of aliphatic carboxylic acids is 1. The van der Waals surface area contributed by atoms with Crippen LogP contribution in [0.3, 0.4) is 0 Å². The molecule has 120 valence electrons. The normalized spacial score (nSPS) is 21.2. The molecule has 0 fully saturated rings. The van der Waals surface area contributed by atoms with E-state index in [4.69, 9.17) is 5.11 Å².